The van der Waals surface area contributed by atoms with Crippen molar-refractivity contribution in [3.05, 3.63) is 0 Å². The molecule has 0 aliphatic carbocycles. The van der Waals surface area contributed by atoms with Crippen molar-refractivity contribution in [2.45, 2.75) is 47.1 Å². The van der Waals surface area contributed by atoms with E-state index in [0.29, 0.717) is 13.2 Å². The second-order valence-corrected chi connectivity index (χ2v) is 5.56. The molecule has 0 amide bonds. The summed E-state index contributed by atoms with van der Waals surface area (Å²) in [6, 6.07) is 0. The van der Waals surface area contributed by atoms with Gasteiger partial charge in [0.25, 0.3) is 0 Å². The van der Waals surface area contributed by atoms with Crippen LogP contribution < -0.4 is 0 Å². The summed E-state index contributed by atoms with van der Waals surface area (Å²) in [6.07, 6.45) is 0.847. The Hall–Kier alpha value is 0.110. The predicted octanol–water partition coefficient (Wildman–Crippen LogP) is 3.29. The number of rotatable bonds is 8. The maximum atomic E-state index is 12.4. The van der Waals surface area contributed by atoms with Crippen molar-refractivity contribution in [2.75, 3.05) is 19.7 Å². The topological polar surface area (TPSA) is 38.8 Å². The van der Waals surface area contributed by atoms with Gasteiger partial charge in [-0.3, -0.25) is 9.05 Å². The average Bonchev–Trinajstić information content (AvgIpc) is 2.12. The van der Waals surface area contributed by atoms with E-state index in [4.69, 9.17) is 9.05 Å². The third-order valence-electron chi connectivity index (χ3n) is 1.83. The Kier molecular flexibility index (Phi) is 7.45. The normalized spacial score (nSPS) is 15.9. The van der Waals surface area contributed by atoms with E-state index in [1.165, 1.54) is 0 Å². The van der Waals surface area contributed by atoms with Crippen molar-refractivity contribution in [3.8, 4) is 0 Å². The number of hydrogen-bond donors (Lipinski definition) is 0. The zero-order valence-corrected chi connectivity index (χ0v) is 11.4. The fourth-order valence-corrected chi connectivity index (χ4v) is 3.33. The van der Waals surface area contributed by atoms with Crippen molar-refractivity contribution >= 4 is 7.75 Å². The maximum Gasteiger partial charge on any atom is 0.408 e. The van der Waals surface area contributed by atoms with Crippen molar-refractivity contribution < 1.29 is 13.6 Å². The highest BCUT2D eigenvalue weighted by molar-refractivity contribution is 7.51. The zero-order valence-electron chi connectivity index (χ0n) is 10.5. The molecule has 0 aliphatic heterocycles. The van der Waals surface area contributed by atoms with Crippen molar-refractivity contribution in [1.29, 1.82) is 0 Å². The lowest BCUT2D eigenvalue weighted by Crippen LogP contribution is -2.25. The molecule has 0 aromatic heterocycles. The summed E-state index contributed by atoms with van der Waals surface area (Å²) in [5.74, 6) is 0. The van der Waals surface area contributed by atoms with Gasteiger partial charge in [-0.1, -0.05) is 13.8 Å². The molecule has 0 N–H and O–H groups in total. The Balaban J connectivity index is 4.64. The Labute approximate surface area is 93.5 Å². The first kappa shape index (κ1) is 15.1. The largest absolute Gasteiger partial charge is 0.408 e. The van der Waals surface area contributed by atoms with E-state index in [-0.39, 0.29) is 6.10 Å². The van der Waals surface area contributed by atoms with Crippen LogP contribution in [0.15, 0.2) is 0 Å². The second kappa shape index (κ2) is 7.39. The number of nitrogens with zero attached hydrogens (tertiary/aromatic N) is 1. The van der Waals surface area contributed by atoms with E-state index >= 15 is 0 Å². The molecular weight excluding hydrogens is 213 g/mol. The number of hydrogen-bond acceptors (Lipinski definition) is 3. The van der Waals surface area contributed by atoms with E-state index in [1.54, 1.807) is 4.67 Å². The Morgan fingerprint density at radius 3 is 2.20 bits per heavy atom. The van der Waals surface area contributed by atoms with Gasteiger partial charge in [0, 0.05) is 13.1 Å². The first-order chi connectivity index (χ1) is 7.00. The van der Waals surface area contributed by atoms with Gasteiger partial charge < -0.3 is 0 Å². The second-order valence-electron chi connectivity index (χ2n) is 3.59. The van der Waals surface area contributed by atoms with Gasteiger partial charge in [-0.15, -0.1) is 0 Å². The molecule has 0 bridgehead atoms. The van der Waals surface area contributed by atoms with Crippen LogP contribution in [-0.4, -0.2) is 30.5 Å². The van der Waals surface area contributed by atoms with Crippen molar-refractivity contribution in [1.82, 2.24) is 4.67 Å². The molecule has 1 unspecified atom stereocenters. The molecule has 0 fully saturated rings. The third kappa shape index (κ3) is 5.12. The van der Waals surface area contributed by atoms with Crippen molar-refractivity contribution in [3.63, 3.8) is 0 Å². The van der Waals surface area contributed by atoms with E-state index in [9.17, 15) is 4.57 Å². The highest BCUT2D eigenvalue weighted by Crippen LogP contribution is 2.52. The van der Waals surface area contributed by atoms with Crippen LogP contribution in [0.25, 0.3) is 0 Å². The summed E-state index contributed by atoms with van der Waals surface area (Å²) in [7, 11) is -3.07. The fraction of sp³-hybridized carbons (Fsp3) is 1.00. The predicted molar refractivity (Wildman–Crippen MR) is 63.0 cm³/mol. The quantitative estimate of drug-likeness (QED) is 0.607. The Morgan fingerprint density at radius 2 is 1.87 bits per heavy atom. The highest BCUT2D eigenvalue weighted by Gasteiger charge is 2.32. The summed E-state index contributed by atoms with van der Waals surface area (Å²) in [5.41, 5.74) is 0. The summed E-state index contributed by atoms with van der Waals surface area (Å²) >= 11 is 0. The van der Waals surface area contributed by atoms with Crippen LogP contribution in [0, 0.1) is 0 Å². The smallest absolute Gasteiger partial charge is 0.297 e. The van der Waals surface area contributed by atoms with Crippen LogP contribution >= 0.6 is 7.75 Å². The molecule has 0 aliphatic rings. The lowest BCUT2D eigenvalue weighted by atomic mass is 10.5. The molecule has 0 spiro atoms. The molecule has 5 heteroatoms. The molecule has 0 heterocycles. The zero-order chi connectivity index (χ0) is 11.9. The molecule has 0 aromatic rings. The van der Waals surface area contributed by atoms with Gasteiger partial charge in [0.05, 0.1) is 12.7 Å². The molecule has 0 aromatic carbocycles. The monoisotopic (exact) mass is 237 g/mol. The first-order valence-corrected chi connectivity index (χ1v) is 7.18. The molecule has 0 rings (SSSR count). The molecule has 15 heavy (non-hydrogen) atoms. The molecule has 0 saturated carbocycles. The van der Waals surface area contributed by atoms with Gasteiger partial charge in [0.1, 0.15) is 0 Å². The van der Waals surface area contributed by atoms with Gasteiger partial charge >= 0.3 is 7.75 Å². The minimum Gasteiger partial charge on any atom is -0.297 e. The Morgan fingerprint density at radius 1 is 1.27 bits per heavy atom. The average molecular weight is 237 g/mol. The van der Waals surface area contributed by atoms with Crippen molar-refractivity contribution in [2.24, 2.45) is 0 Å². The van der Waals surface area contributed by atoms with Crippen LogP contribution in [0.3, 0.4) is 0 Å². The van der Waals surface area contributed by atoms with E-state index in [2.05, 4.69) is 0 Å². The van der Waals surface area contributed by atoms with Crippen LogP contribution in [0.1, 0.15) is 41.0 Å². The van der Waals surface area contributed by atoms with Crippen LogP contribution in [0.4, 0.5) is 0 Å². The summed E-state index contributed by atoms with van der Waals surface area (Å²) in [4.78, 5) is 0. The lowest BCUT2D eigenvalue weighted by molar-refractivity contribution is 0.133. The minimum absolute atomic E-state index is 0.0895. The van der Waals surface area contributed by atoms with Crippen LogP contribution in [-0.2, 0) is 13.6 Å². The Bertz CT molecular complexity index is 209. The van der Waals surface area contributed by atoms with Crippen LogP contribution in [0.5, 0.6) is 0 Å². The molecular formula is C10H24NO3P. The first-order valence-electron chi connectivity index (χ1n) is 5.68. The molecule has 0 saturated heterocycles. The third-order valence-corrected chi connectivity index (χ3v) is 4.28. The van der Waals surface area contributed by atoms with E-state index < -0.39 is 7.75 Å². The molecule has 0 radical (unpaired) electrons. The SMILES string of the molecule is CCCN(CC)P(=O)(OCC)OC(C)C. The summed E-state index contributed by atoms with van der Waals surface area (Å²) < 4.78 is 25.0. The van der Waals surface area contributed by atoms with Gasteiger partial charge in [0.2, 0.25) is 0 Å². The minimum atomic E-state index is -3.07. The molecule has 4 nitrogen and oxygen atoms in total. The highest BCUT2D eigenvalue weighted by atomic mass is 31.2. The maximum absolute atomic E-state index is 12.4. The van der Waals surface area contributed by atoms with Gasteiger partial charge in [-0.2, -0.15) is 0 Å². The fourth-order valence-electron chi connectivity index (χ4n) is 1.32. The summed E-state index contributed by atoms with van der Waals surface area (Å²) in [5, 5.41) is 0. The molecule has 92 valence electrons. The molecule has 1 atom stereocenters. The van der Waals surface area contributed by atoms with Gasteiger partial charge in [-0.25, -0.2) is 9.24 Å². The lowest BCUT2D eigenvalue weighted by Gasteiger charge is -2.29. The standard InChI is InChI=1S/C10H24NO3P/c1-6-9-11(7-2)15(12,13-8-3)14-10(4)5/h10H,6-9H2,1-5H3. The van der Waals surface area contributed by atoms with Gasteiger partial charge in [-0.05, 0) is 27.2 Å². The van der Waals surface area contributed by atoms with E-state index in [0.717, 1.165) is 13.0 Å². The van der Waals surface area contributed by atoms with Gasteiger partial charge in [0.15, 0.2) is 0 Å². The summed E-state index contributed by atoms with van der Waals surface area (Å²) in [6.45, 7) is 11.4. The van der Waals surface area contributed by atoms with E-state index in [1.807, 2.05) is 34.6 Å². The van der Waals surface area contributed by atoms with Crippen LogP contribution in [0.2, 0.25) is 0 Å².